The van der Waals surface area contributed by atoms with Crippen molar-refractivity contribution in [2.75, 3.05) is 13.7 Å². The molecule has 0 radical (unpaired) electrons. The topological polar surface area (TPSA) is 58.6 Å². The molecule has 4 nitrogen and oxygen atoms in total. The largest absolute Gasteiger partial charge is 0.496 e. The predicted molar refractivity (Wildman–Crippen MR) is 109 cm³/mol. The molecule has 140 valence electrons. The van der Waals surface area contributed by atoms with E-state index in [0.29, 0.717) is 0 Å². The standard InChI is InChI=1S/C21H21NO3S2/c1-25-17-6-3-2-5-16(17)20(9-10-20)19(23)22-14-21(24,15-8-12-26-13-15)18-7-4-11-27-18/h2-8,11-13,24H,9-10,14H2,1H3,(H,22,23)/t21-/m1/s1. The van der Waals surface area contributed by atoms with Crippen LogP contribution in [0.3, 0.4) is 0 Å². The fourth-order valence-corrected chi connectivity index (χ4v) is 5.08. The molecule has 1 aliphatic carbocycles. The van der Waals surface area contributed by atoms with Crippen LogP contribution in [0, 0.1) is 0 Å². The van der Waals surface area contributed by atoms with E-state index in [0.717, 1.165) is 34.6 Å². The van der Waals surface area contributed by atoms with Gasteiger partial charge in [-0.25, -0.2) is 0 Å². The summed E-state index contributed by atoms with van der Waals surface area (Å²) >= 11 is 3.02. The molecule has 1 amide bonds. The molecule has 1 fully saturated rings. The van der Waals surface area contributed by atoms with Crippen molar-refractivity contribution in [2.45, 2.75) is 23.9 Å². The number of rotatable bonds is 7. The van der Waals surface area contributed by atoms with E-state index in [1.807, 2.05) is 58.6 Å². The van der Waals surface area contributed by atoms with Gasteiger partial charge in [0.1, 0.15) is 11.4 Å². The lowest BCUT2D eigenvalue weighted by molar-refractivity contribution is -0.124. The van der Waals surface area contributed by atoms with Gasteiger partial charge in [-0.15, -0.1) is 11.3 Å². The van der Waals surface area contributed by atoms with Gasteiger partial charge in [0.05, 0.1) is 19.1 Å². The number of hydrogen-bond donors (Lipinski definition) is 2. The van der Waals surface area contributed by atoms with Gasteiger partial charge in [-0.1, -0.05) is 24.3 Å². The maximum atomic E-state index is 13.1. The minimum absolute atomic E-state index is 0.0581. The minimum Gasteiger partial charge on any atom is -0.496 e. The molecule has 0 aliphatic heterocycles. The minimum atomic E-state index is -1.22. The third-order valence-corrected chi connectivity index (χ3v) is 6.94. The van der Waals surface area contributed by atoms with Gasteiger partial charge in [-0.3, -0.25) is 4.79 Å². The molecule has 27 heavy (non-hydrogen) atoms. The third-order valence-electron chi connectivity index (χ3n) is 5.24. The molecular formula is C21H21NO3S2. The number of thiophene rings is 2. The summed E-state index contributed by atoms with van der Waals surface area (Å²) in [4.78, 5) is 13.9. The highest BCUT2D eigenvalue weighted by molar-refractivity contribution is 7.10. The molecular weight excluding hydrogens is 378 g/mol. The first kappa shape index (κ1) is 18.2. The van der Waals surface area contributed by atoms with Crippen LogP contribution in [-0.2, 0) is 15.8 Å². The number of benzene rings is 1. The Morgan fingerprint density at radius 2 is 2.04 bits per heavy atom. The van der Waals surface area contributed by atoms with Crippen LogP contribution in [0.5, 0.6) is 5.75 Å². The van der Waals surface area contributed by atoms with Crippen molar-refractivity contribution in [3.63, 3.8) is 0 Å². The van der Waals surface area contributed by atoms with E-state index in [2.05, 4.69) is 5.32 Å². The van der Waals surface area contributed by atoms with Crippen LogP contribution in [0.15, 0.2) is 58.6 Å². The lowest BCUT2D eigenvalue weighted by atomic mass is 9.91. The number of ether oxygens (including phenoxy) is 1. The predicted octanol–water partition coefficient (Wildman–Crippen LogP) is 3.90. The van der Waals surface area contributed by atoms with Crippen molar-refractivity contribution >= 4 is 28.6 Å². The number of para-hydroxylation sites is 1. The van der Waals surface area contributed by atoms with E-state index >= 15 is 0 Å². The van der Waals surface area contributed by atoms with E-state index in [1.54, 1.807) is 7.11 Å². The van der Waals surface area contributed by atoms with Gasteiger partial charge in [0.25, 0.3) is 0 Å². The number of hydrogen-bond acceptors (Lipinski definition) is 5. The smallest absolute Gasteiger partial charge is 0.230 e. The highest BCUT2D eigenvalue weighted by Crippen LogP contribution is 2.51. The zero-order valence-corrected chi connectivity index (χ0v) is 16.6. The fraction of sp³-hybridized carbons (Fsp3) is 0.286. The summed E-state index contributed by atoms with van der Waals surface area (Å²) in [5.41, 5.74) is -0.0595. The first-order valence-corrected chi connectivity index (χ1v) is 10.6. The Morgan fingerprint density at radius 3 is 2.67 bits per heavy atom. The molecule has 0 unspecified atom stereocenters. The molecule has 1 atom stereocenters. The summed E-state index contributed by atoms with van der Waals surface area (Å²) in [6.07, 6.45) is 1.57. The summed E-state index contributed by atoms with van der Waals surface area (Å²) in [5.74, 6) is 0.675. The summed E-state index contributed by atoms with van der Waals surface area (Å²) < 4.78 is 5.46. The molecule has 1 aromatic carbocycles. The van der Waals surface area contributed by atoms with Crippen LogP contribution in [0.2, 0.25) is 0 Å². The van der Waals surface area contributed by atoms with Crippen molar-refractivity contribution in [2.24, 2.45) is 0 Å². The van der Waals surface area contributed by atoms with E-state index < -0.39 is 11.0 Å². The Labute approximate surface area is 166 Å². The third kappa shape index (κ3) is 3.18. The molecule has 2 N–H and O–H groups in total. The van der Waals surface area contributed by atoms with Gasteiger partial charge < -0.3 is 15.2 Å². The highest BCUT2D eigenvalue weighted by atomic mass is 32.1. The molecule has 0 bridgehead atoms. The second-order valence-corrected chi connectivity index (χ2v) is 8.54. The quantitative estimate of drug-likeness (QED) is 0.633. The number of methoxy groups -OCH3 is 1. The summed E-state index contributed by atoms with van der Waals surface area (Å²) in [6, 6.07) is 13.4. The van der Waals surface area contributed by atoms with Crippen LogP contribution in [0.25, 0.3) is 0 Å². The molecule has 0 saturated heterocycles. The van der Waals surface area contributed by atoms with Crippen LogP contribution in [-0.4, -0.2) is 24.7 Å². The Balaban J connectivity index is 1.58. The molecule has 4 rings (SSSR count). The first-order valence-electron chi connectivity index (χ1n) is 8.81. The van der Waals surface area contributed by atoms with Crippen molar-refractivity contribution in [1.29, 1.82) is 0 Å². The monoisotopic (exact) mass is 399 g/mol. The van der Waals surface area contributed by atoms with E-state index in [4.69, 9.17) is 4.74 Å². The Bertz CT molecular complexity index is 881. The zero-order chi connectivity index (χ0) is 18.9. The highest BCUT2D eigenvalue weighted by Gasteiger charge is 2.53. The molecule has 0 spiro atoms. The zero-order valence-electron chi connectivity index (χ0n) is 15.0. The lowest BCUT2D eigenvalue weighted by Gasteiger charge is -2.28. The van der Waals surface area contributed by atoms with Gasteiger partial charge in [0.15, 0.2) is 0 Å². The molecule has 1 saturated carbocycles. The Hall–Kier alpha value is -2.15. The van der Waals surface area contributed by atoms with Crippen molar-refractivity contribution < 1.29 is 14.6 Å². The van der Waals surface area contributed by atoms with Crippen molar-refractivity contribution in [1.82, 2.24) is 5.32 Å². The average molecular weight is 400 g/mol. The second kappa shape index (κ2) is 7.11. The molecule has 3 aromatic rings. The Morgan fingerprint density at radius 1 is 1.22 bits per heavy atom. The number of amides is 1. The van der Waals surface area contributed by atoms with Crippen LogP contribution in [0.1, 0.15) is 28.8 Å². The maximum Gasteiger partial charge on any atom is 0.230 e. The fourth-order valence-electron chi connectivity index (χ4n) is 3.51. The van der Waals surface area contributed by atoms with E-state index in [1.165, 1.54) is 22.7 Å². The van der Waals surface area contributed by atoms with Gasteiger partial charge >= 0.3 is 0 Å². The van der Waals surface area contributed by atoms with Crippen molar-refractivity contribution in [3.8, 4) is 5.75 Å². The van der Waals surface area contributed by atoms with Gasteiger partial charge in [-0.2, -0.15) is 11.3 Å². The van der Waals surface area contributed by atoms with Crippen LogP contribution in [0.4, 0.5) is 0 Å². The van der Waals surface area contributed by atoms with E-state index in [-0.39, 0.29) is 12.5 Å². The molecule has 1 aliphatic rings. The van der Waals surface area contributed by atoms with Gasteiger partial charge in [0, 0.05) is 16.0 Å². The Kier molecular flexibility index (Phi) is 4.80. The number of carbonyl (C=O) groups is 1. The number of aliphatic hydroxyl groups is 1. The number of nitrogens with one attached hydrogen (secondary N) is 1. The van der Waals surface area contributed by atoms with Crippen LogP contribution < -0.4 is 10.1 Å². The SMILES string of the molecule is COc1ccccc1C1(C(=O)NC[C@@](O)(c2ccsc2)c2cccs2)CC1. The summed E-state index contributed by atoms with van der Waals surface area (Å²) in [7, 11) is 1.62. The molecule has 2 heterocycles. The average Bonchev–Trinajstić information content (AvgIpc) is 3.11. The molecule has 6 heteroatoms. The van der Waals surface area contributed by atoms with Crippen LogP contribution >= 0.6 is 22.7 Å². The normalized spacial score (nSPS) is 17.1. The summed E-state index contributed by atoms with van der Waals surface area (Å²) in [5, 5.41) is 20.2. The van der Waals surface area contributed by atoms with Gasteiger partial charge in [0.2, 0.25) is 5.91 Å². The number of carbonyl (C=O) groups excluding carboxylic acids is 1. The lowest BCUT2D eigenvalue weighted by Crippen LogP contribution is -2.44. The first-order chi connectivity index (χ1) is 13.1. The second-order valence-electron chi connectivity index (χ2n) is 6.81. The van der Waals surface area contributed by atoms with Crippen molar-refractivity contribution in [3.05, 3.63) is 74.6 Å². The maximum absolute atomic E-state index is 13.1. The molecule has 2 aromatic heterocycles. The summed E-state index contributed by atoms with van der Waals surface area (Å²) in [6.45, 7) is 0.139. The van der Waals surface area contributed by atoms with E-state index in [9.17, 15) is 9.90 Å². The van der Waals surface area contributed by atoms with Gasteiger partial charge in [-0.05, 0) is 47.2 Å².